The molecule has 3 rings (SSSR count). The quantitative estimate of drug-likeness (QED) is 0.660. The standard InChI is InChI=1S/C24H35N3O3/c1-4-5-13-25-23(29)24(11-14-27(15-12-24)22(28)18(2)3)17-20-16-21(26-30-20)19-9-7-6-8-10-19/h6-10,18,20H,4-5,11-17H2,1-3H3,(H,25,29)/t20-/m1/s1. The van der Waals surface area contributed by atoms with Crippen LogP contribution in [0.25, 0.3) is 0 Å². The predicted molar refractivity (Wildman–Crippen MR) is 118 cm³/mol. The molecule has 2 amide bonds. The van der Waals surface area contributed by atoms with E-state index >= 15 is 0 Å². The smallest absolute Gasteiger partial charge is 0.226 e. The first-order valence-corrected chi connectivity index (χ1v) is 11.3. The van der Waals surface area contributed by atoms with Gasteiger partial charge in [0.05, 0.1) is 11.1 Å². The van der Waals surface area contributed by atoms with Gasteiger partial charge in [0.1, 0.15) is 6.10 Å². The van der Waals surface area contributed by atoms with Gasteiger partial charge in [-0.3, -0.25) is 9.59 Å². The van der Waals surface area contributed by atoms with Gasteiger partial charge >= 0.3 is 0 Å². The number of hydrogen-bond donors (Lipinski definition) is 1. The second-order valence-electron chi connectivity index (χ2n) is 8.91. The summed E-state index contributed by atoms with van der Waals surface area (Å²) < 4.78 is 0. The number of hydrogen-bond acceptors (Lipinski definition) is 4. The summed E-state index contributed by atoms with van der Waals surface area (Å²) in [6, 6.07) is 10.0. The minimum Gasteiger partial charge on any atom is -0.392 e. The number of piperidine rings is 1. The number of likely N-dealkylation sites (tertiary alicyclic amines) is 1. The second kappa shape index (κ2) is 10.1. The Bertz CT molecular complexity index is 752. The maximum absolute atomic E-state index is 13.2. The first-order chi connectivity index (χ1) is 14.4. The molecule has 1 aromatic carbocycles. The zero-order chi connectivity index (χ0) is 21.6. The highest BCUT2D eigenvalue weighted by Crippen LogP contribution is 2.39. The minimum atomic E-state index is -0.506. The fourth-order valence-corrected chi connectivity index (χ4v) is 4.39. The molecule has 0 aromatic heterocycles. The monoisotopic (exact) mass is 413 g/mol. The lowest BCUT2D eigenvalue weighted by Gasteiger charge is -2.42. The normalized spacial score (nSPS) is 20.6. The van der Waals surface area contributed by atoms with Gasteiger partial charge in [-0.2, -0.15) is 0 Å². The molecule has 2 aliphatic heterocycles. The second-order valence-corrected chi connectivity index (χ2v) is 8.91. The predicted octanol–water partition coefficient (Wildman–Crippen LogP) is 3.75. The molecule has 6 nitrogen and oxygen atoms in total. The minimum absolute atomic E-state index is 0.0177. The molecule has 0 radical (unpaired) electrons. The lowest BCUT2D eigenvalue weighted by Crippen LogP contribution is -2.52. The van der Waals surface area contributed by atoms with E-state index in [1.807, 2.05) is 49.1 Å². The molecule has 1 saturated heterocycles. The van der Waals surface area contributed by atoms with Crippen molar-refractivity contribution < 1.29 is 14.4 Å². The number of nitrogens with one attached hydrogen (secondary N) is 1. The van der Waals surface area contributed by atoms with Crippen LogP contribution < -0.4 is 5.32 Å². The van der Waals surface area contributed by atoms with Crippen molar-refractivity contribution in [2.45, 2.75) is 65.4 Å². The lowest BCUT2D eigenvalue weighted by atomic mass is 9.72. The van der Waals surface area contributed by atoms with Crippen molar-refractivity contribution >= 4 is 17.5 Å². The van der Waals surface area contributed by atoms with Gasteiger partial charge in [-0.25, -0.2) is 0 Å². The average molecular weight is 414 g/mol. The molecule has 2 aliphatic rings. The molecule has 0 bridgehead atoms. The van der Waals surface area contributed by atoms with Crippen molar-refractivity contribution in [3.8, 4) is 0 Å². The molecule has 1 aromatic rings. The highest BCUT2D eigenvalue weighted by atomic mass is 16.6. The molecule has 0 aliphatic carbocycles. The third-order valence-corrected chi connectivity index (χ3v) is 6.28. The summed E-state index contributed by atoms with van der Waals surface area (Å²) in [5, 5.41) is 7.45. The molecule has 30 heavy (non-hydrogen) atoms. The molecule has 1 N–H and O–H groups in total. The fraction of sp³-hybridized carbons (Fsp3) is 0.625. The van der Waals surface area contributed by atoms with Crippen molar-refractivity contribution in [2.24, 2.45) is 16.5 Å². The molecule has 1 atom stereocenters. The van der Waals surface area contributed by atoms with E-state index in [1.54, 1.807) is 0 Å². The number of unbranched alkanes of at least 4 members (excludes halogenated alkanes) is 1. The Kier molecular flexibility index (Phi) is 7.51. The van der Waals surface area contributed by atoms with Gasteiger partial charge in [0.25, 0.3) is 0 Å². The van der Waals surface area contributed by atoms with Gasteiger partial charge in [-0.15, -0.1) is 0 Å². The summed E-state index contributed by atoms with van der Waals surface area (Å²) in [5.41, 5.74) is 1.50. The summed E-state index contributed by atoms with van der Waals surface area (Å²) in [7, 11) is 0. The third-order valence-electron chi connectivity index (χ3n) is 6.28. The van der Waals surface area contributed by atoms with Crippen molar-refractivity contribution in [3.63, 3.8) is 0 Å². The molecule has 2 heterocycles. The third kappa shape index (κ3) is 5.21. The molecule has 164 valence electrons. The van der Waals surface area contributed by atoms with E-state index in [0.717, 1.165) is 24.1 Å². The van der Waals surface area contributed by atoms with Gasteiger partial charge in [-0.1, -0.05) is 62.7 Å². The van der Waals surface area contributed by atoms with E-state index in [1.165, 1.54) is 0 Å². The molecular formula is C24H35N3O3. The van der Waals surface area contributed by atoms with Crippen LogP contribution in [0.3, 0.4) is 0 Å². The first-order valence-electron chi connectivity index (χ1n) is 11.3. The number of carbonyl (C=O) groups excluding carboxylic acids is 2. The Labute approximate surface area is 180 Å². The van der Waals surface area contributed by atoms with Gasteiger partial charge < -0.3 is 15.1 Å². The van der Waals surface area contributed by atoms with E-state index in [2.05, 4.69) is 17.4 Å². The van der Waals surface area contributed by atoms with E-state index in [0.29, 0.717) is 45.3 Å². The Hall–Kier alpha value is -2.37. The molecule has 6 heteroatoms. The number of amides is 2. The van der Waals surface area contributed by atoms with Crippen LogP contribution in [0.1, 0.15) is 64.9 Å². The van der Waals surface area contributed by atoms with Crippen LogP contribution >= 0.6 is 0 Å². The van der Waals surface area contributed by atoms with Crippen LogP contribution in [-0.4, -0.2) is 48.2 Å². The zero-order valence-electron chi connectivity index (χ0n) is 18.5. The van der Waals surface area contributed by atoms with Crippen LogP contribution in [0, 0.1) is 11.3 Å². The molecule has 0 spiro atoms. The van der Waals surface area contributed by atoms with Crippen molar-refractivity contribution in [1.82, 2.24) is 10.2 Å². The van der Waals surface area contributed by atoms with Gasteiger partial charge in [-0.05, 0) is 24.8 Å². The maximum atomic E-state index is 13.2. The van der Waals surface area contributed by atoms with E-state index < -0.39 is 5.41 Å². The first kappa shape index (κ1) is 22.3. The number of oxime groups is 1. The summed E-state index contributed by atoms with van der Waals surface area (Å²) in [6.07, 6.45) is 4.60. The van der Waals surface area contributed by atoms with Crippen LogP contribution in [0.2, 0.25) is 0 Å². The molecule has 1 fully saturated rings. The Morgan fingerprint density at radius 1 is 1.23 bits per heavy atom. The van der Waals surface area contributed by atoms with E-state index in [-0.39, 0.29) is 23.8 Å². The van der Waals surface area contributed by atoms with Crippen LogP contribution in [-0.2, 0) is 14.4 Å². The Morgan fingerprint density at radius 2 is 1.93 bits per heavy atom. The number of carbonyl (C=O) groups is 2. The Balaban J connectivity index is 1.67. The topological polar surface area (TPSA) is 71.0 Å². The summed E-state index contributed by atoms with van der Waals surface area (Å²) in [4.78, 5) is 33.3. The molecule has 0 unspecified atom stereocenters. The van der Waals surface area contributed by atoms with E-state index in [4.69, 9.17) is 4.84 Å². The van der Waals surface area contributed by atoms with Crippen LogP contribution in [0.5, 0.6) is 0 Å². The summed E-state index contributed by atoms with van der Waals surface area (Å²) in [6.45, 7) is 7.91. The Morgan fingerprint density at radius 3 is 2.57 bits per heavy atom. The van der Waals surface area contributed by atoms with Gasteiger partial charge in [0, 0.05) is 38.4 Å². The van der Waals surface area contributed by atoms with Crippen LogP contribution in [0.4, 0.5) is 0 Å². The SMILES string of the molecule is CCCCNC(=O)C1(C[C@H]2CC(c3ccccc3)=NO2)CCN(C(=O)C(C)C)CC1. The maximum Gasteiger partial charge on any atom is 0.226 e. The molecule has 0 saturated carbocycles. The largest absolute Gasteiger partial charge is 0.392 e. The van der Waals surface area contributed by atoms with Gasteiger partial charge in [0.15, 0.2) is 0 Å². The van der Waals surface area contributed by atoms with Crippen LogP contribution in [0.15, 0.2) is 35.5 Å². The van der Waals surface area contributed by atoms with Crippen molar-refractivity contribution in [1.29, 1.82) is 0 Å². The average Bonchev–Trinajstić information content (AvgIpc) is 3.22. The summed E-state index contributed by atoms with van der Waals surface area (Å²) >= 11 is 0. The molecular weight excluding hydrogens is 378 g/mol. The van der Waals surface area contributed by atoms with E-state index in [9.17, 15) is 9.59 Å². The van der Waals surface area contributed by atoms with Crippen molar-refractivity contribution in [3.05, 3.63) is 35.9 Å². The van der Waals surface area contributed by atoms with Crippen molar-refractivity contribution in [2.75, 3.05) is 19.6 Å². The van der Waals surface area contributed by atoms with Gasteiger partial charge in [0.2, 0.25) is 11.8 Å². The number of nitrogens with zero attached hydrogens (tertiary/aromatic N) is 2. The lowest BCUT2D eigenvalue weighted by molar-refractivity contribution is -0.144. The summed E-state index contributed by atoms with van der Waals surface area (Å²) in [5.74, 6) is 0.252. The number of benzene rings is 1. The fourth-order valence-electron chi connectivity index (χ4n) is 4.39. The number of rotatable bonds is 8. The zero-order valence-corrected chi connectivity index (χ0v) is 18.5. The highest BCUT2D eigenvalue weighted by molar-refractivity contribution is 6.01. The highest BCUT2D eigenvalue weighted by Gasteiger charge is 2.45.